The van der Waals surface area contributed by atoms with Crippen molar-refractivity contribution in [2.45, 2.75) is 19.3 Å². The van der Waals surface area contributed by atoms with Crippen molar-refractivity contribution in [3.05, 3.63) is 12.2 Å². The maximum atomic E-state index is 9.55. The number of piperidine rings is 1. The number of rotatable bonds is 2. The zero-order chi connectivity index (χ0) is 10.8. The Morgan fingerprint density at radius 1 is 0.929 bits per heavy atom. The van der Waals surface area contributed by atoms with Crippen molar-refractivity contribution in [2.75, 3.05) is 13.1 Å². The van der Waals surface area contributed by atoms with Gasteiger partial charge in [-0.15, -0.1) is 0 Å². The molecule has 0 saturated carbocycles. The first-order valence-corrected chi connectivity index (χ1v) is 4.47. The van der Waals surface area contributed by atoms with E-state index in [4.69, 9.17) is 10.2 Å². The Bertz CT molecular complexity index is 181. The van der Waals surface area contributed by atoms with Gasteiger partial charge in [0.05, 0.1) is 0 Å². The van der Waals surface area contributed by atoms with Crippen LogP contribution in [0.15, 0.2) is 12.2 Å². The van der Waals surface area contributed by atoms with Crippen LogP contribution < -0.4 is 5.32 Å². The first-order valence-electron chi connectivity index (χ1n) is 4.47. The zero-order valence-corrected chi connectivity index (χ0v) is 7.90. The van der Waals surface area contributed by atoms with Crippen LogP contribution >= 0.6 is 0 Å². The molecule has 0 unspecified atom stereocenters. The first kappa shape index (κ1) is 12.6. The minimum atomic E-state index is -1.26. The molecule has 0 amide bonds. The Balaban J connectivity index is 0.000000249. The third kappa shape index (κ3) is 10.6. The lowest BCUT2D eigenvalue weighted by atomic mass is 10.2. The van der Waals surface area contributed by atoms with E-state index in [0.717, 1.165) is 0 Å². The summed E-state index contributed by atoms with van der Waals surface area (Å²) in [5, 5.41) is 18.9. The minimum absolute atomic E-state index is 0.558. The minimum Gasteiger partial charge on any atom is -0.478 e. The van der Waals surface area contributed by atoms with E-state index in [-0.39, 0.29) is 0 Å². The predicted octanol–water partition coefficient (Wildman–Crippen LogP) is 0.472. The molecule has 5 heteroatoms. The molecule has 1 rings (SSSR count). The van der Waals surface area contributed by atoms with E-state index in [1.165, 1.54) is 32.4 Å². The number of carboxylic acid groups (broad SMARTS) is 2. The average Bonchev–Trinajstić information content (AvgIpc) is 2.18. The van der Waals surface area contributed by atoms with E-state index in [1.807, 2.05) is 0 Å². The van der Waals surface area contributed by atoms with E-state index >= 15 is 0 Å². The number of nitrogens with one attached hydrogen (secondary N) is 1. The van der Waals surface area contributed by atoms with Gasteiger partial charge in [-0.25, -0.2) is 9.59 Å². The molecule has 14 heavy (non-hydrogen) atoms. The van der Waals surface area contributed by atoms with Crippen molar-refractivity contribution in [1.29, 1.82) is 0 Å². The molecule has 0 aromatic rings. The fourth-order valence-electron chi connectivity index (χ4n) is 0.944. The molecule has 1 fully saturated rings. The van der Waals surface area contributed by atoms with Gasteiger partial charge in [-0.1, -0.05) is 6.42 Å². The Hall–Kier alpha value is -1.36. The van der Waals surface area contributed by atoms with Gasteiger partial charge in [-0.2, -0.15) is 0 Å². The molecule has 0 radical (unpaired) electrons. The summed E-state index contributed by atoms with van der Waals surface area (Å²) < 4.78 is 0. The normalized spacial score (nSPS) is 15.7. The highest BCUT2D eigenvalue weighted by atomic mass is 16.4. The van der Waals surface area contributed by atoms with Gasteiger partial charge in [-0.05, 0) is 25.9 Å². The summed E-state index contributed by atoms with van der Waals surface area (Å²) in [7, 11) is 0. The van der Waals surface area contributed by atoms with Crippen LogP contribution in [0.4, 0.5) is 0 Å². The molecule has 5 nitrogen and oxygen atoms in total. The summed E-state index contributed by atoms with van der Waals surface area (Å²) in [5.41, 5.74) is 0. The lowest BCUT2D eigenvalue weighted by Crippen LogP contribution is -2.21. The van der Waals surface area contributed by atoms with Gasteiger partial charge >= 0.3 is 11.9 Å². The molecule has 0 spiro atoms. The van der Waals surface area contributed by atoms with E-state index < -0.39 is 11.9 Å². The van der Waals surface area contributed by atoms with Crippen LogP contribution in [-0.2, 0) is 9.59 Å². The second kappa shape index (κ2) is 8.25. The molecule has 1 heterocycles. The van der Waals surface area contributed by atoms with Crippen molar-refractivity contribution >= 4 is 11.9 Å². The van der Waals surface area contributed by atoms with E-state index in [9.17, 15) is 9.59 Å². The molecule has 1 saturated heterocycles. The molecule has 0 bridgehead atoms. The van der Waals surface area contributed by atoms with Gasteiger partial charge in [-0.3, -0.25) is 0 Å². The summed E-state index contributed by atoms with van der Waals surface area (Å²) >= 11 is 0. The largest absolute Gasteiger partial charge is 0.478 e. The van der Waals surface area contributed by atoms with Gasteiger partial charge in [0.15, 0.2) is 0 Å². The molecule has 1 aliphatic heterocycles. The fraction of sp³-hybridized carbons (Fsp3) is 0.556. The molecule has 0 aliphatic carbocycles. The predicted molar refractivity (Wildman–Crippen MR) is 51.1 cm³/mol. The average molecular weight is 201 g/mol. The van der Waals surface area contributed by atoms with Crippen LogP contribution in [-0.4, -0.2) is 35.2 Å². The lowest BCUT2D eigenvalue weighted by Gasteiger charge is -2.08. The summed E-state index contributed by atoms with van der Waals surface area (Å²) in [4.78, 5) is 19.1. The summed E-state index contributed by atoms with van der Waals surface area (Å²) in [6.07, 6.45) is 5.33. The Morgan fingerprint density at radius 3 is 1.50 bits per heavy atom. The standard InChI is InChI=1S/C5H11N.C4H4O4/c1-2-4-6-5-3-1;5-3(6)1-2-4(7)8/h6H,1-5H2;1-2H,(H,5,6)(H,7,8). The number of hydrogen-bond acceptors (Lipinski definition) is 3. The molecule has 0 aromatic carbocycles. The SMILES string of the molecule is C1CCNCC1.O=C(O)C=CC(=O)O. The highest BCUT2D eigenvalue weighted by molar-refractivity contribution is 5.89. The lowest BCUT2D eigenvalue weighted by molar-refractivity contribution is -0.134. The van der Waals surface area contributed by atoms with Gasteiger partial charge in [0.25, 0.3) is 0 Å². The van der Waals surface area contributed by atoms with Crippen LogP contribution in [0, 0.1) is 0 Å². The maximum absolute atomic E-state index is 9.55. The van der Waals surface area contributed by atoms with Crippen LogP contribution in [0.25, 0.3) is 0 Å². The third-order valence-electron chi connectivity index (χ3n) is 1.58. The van der Waals surface area contributed by atoms with Crippen LogP contribution in [0.5, 0.6) is 0 Å². The van der Waals surface area contributed by atoms with Crippen LogP contribution in [0.3, 0.4) is 0 Å². The van der Waals surface area contributed by atoms with Crippen molar-refractivity contribution in [2.24, 2.45) is 0 Å². The molecular formula is C9H15NO4. The maximum Gasteiger partial charge on any atom is 0.328 e. The second-order valence-corrected chi connectivity index (χ2v) is 2.82. The highest BCUT2D eigenvalue weighted by Gasteiger charge is 1.93. The van der Waals surface area contributed by atoms with E-state index in [2.05, 4.69) is 5.32 Å². The number of carbonyl (C=O) groups is 2. The first-order chi connectivity index (χ1) is 6.63. The third-order valence-corrected chi connectivity index (χ3v) is 1.58. The molecule has 80 valence electrons. The Morgan fingerprint density at radius 2 is 1.36 bits per heavy atom. The number of carboxylic acids is 2. The van der Waals surface area contributed by atoms with Crippen LogP contribution in [0.2, 0.25) is 0 Å². The quantitative estimate of drug-likeness (QED) is 0.565. The summed E-state index contributed by atoms with van der Waals surface area (Å²) in [5.74, 6) is -2.51. The molecule has 1 aliphatic rings. The van der Waals surface area contributed by atoms with E-state index in [1.54, 1.807) is 0 Å². The zero-order valence-electron chi connectivity index (χ0n) is 7.90. The van der Waals surface area contributed by atoms with Gasteiger partial charge < -0.3 is 15.5 Å². The number of hydrogen-bond donors (Lipinski definition) is 3. The highest BCUT2D eigenvalue weighted by Crippen LogP contribution is 1.96. The second-order valence-electron chi connectivity index (χ2n) is 2.82. The van der Waals surface area contributed by atoms with Crippen molar-refractivity contribution in [1.82, 2.24) is 5.32 Å². The van der Waals surface area contributed by atoms with Crippen molar-refractivity contribution in [3.8, 4) is 0 Å². The Kier molecular flexibility index (Phi) is 7.45. The van der Waals surface area contributed by atoms with Gasteiger partial charge in [0.1, 0.15) is 0 Å². The molecule has 0 aromatic heterocycles. The Labute approximate surface area is 82.4 Å². The summed E-state index contributed by atoms with van der Waals surface area (Å²) in [6.45, 7) is 2.50. The summed E-state index contributed by atoms with van der Waals surface area (Å²) in [6, 6.07) is 0. The smallest absolute Gasteiger partial charge is 0.328 e. The van der Waals surface area contributed by atoms with Gasteiger partial charge in [0, 0.05) is 12.2 Å². The topological polar surface area (TPSA) is 86.6 Å². The van der Waals surface area contributed by atoms with Crippen molar-refractivity contribution in [3.63, 3.8) is 0 Å². The fourth-order valence-corrected chi connectivity index (χ4v) is 0.944. The molecule has 3 N–H and O–H groups in total. The van der Waals surface area contributed by atoms with E-state index in [0.29, 0.717) is 12.2 Å². The van der Waals surface area contributed by atoms with Crippen molar-refractivity contribution < 1.29 is 19.8 Å². The monoisotopic (exact) mass is 201 g/mol. The molecular weight excluding hydrogens is 186 g/mol. The van der Waals surface area contributed by atoms with Gasteiger partial charge in [0.2, 0.25) is 0 Å². The van der Waals surface area contributed by atoms with Crippen LogP contribution in [0.1, 0.15) is 19.3 Å². The molecule has 0 atom stereocenters. The number of aliphatic carboxylic acids is 2.